The van der Waals surface area contributed by atoms with E-state index >= 15 is 0 Å². The zero-order chi connectivity index (χ0) is 13.4. The molecule has 0 spiro atoms. The van der Waals surface area contributed by atoms with Crippen LogP contribution in [0.3, 0.4) is 0 Å². The van der Waals surface area contributed by atoms with Crippen molar-refractivity contribution in [1.82, 2.24) is 14.6 Å². The van der Waals surface area contributed by atoms with Gasteiger partial charge in [-0.15, -0.1) is 0 Å². The Balaban J connectivity index is 2.15. The molecule has 0 fully saturated rings. The molecule has 0 bridgehead atoms. The third kappa shape index (κ3) is 1.93. The van der Waals surface area contributed by atoms with Crippen LogP contribution in [-0.4, -0.2) is 19.5 Å². The van der Waals surface area contributed by atoms with Gasteiger partial charge in [-0.1, -0.05) is 12.1 Å². The molecule has 0 saturated heterocycles. The summed E-state index contributed by atoms with van der Waals surface area (Å²) in [7, 11) is 0. The van der Waals surface area contributed by atoms with Crippen LogP contribution in [0.25, 0.3) is 16.9 Å². The second-order valence-electron chi connectivity index (χ2n) is 4.20. The fourth-order valence-electron chi connectivity index (χ4n) is 1.92. The largest absolute Gasteiger partial charge is 0.270 e. The Morgan fingerprint density at radius 1 is 1.26 bits per heavy atom. The van der Waals surface area contributed by atoms with Gasteiger partial charge < -0.3 is 0 Å². The molecule has 94 valence electrons. The topological polar surface area (TPSA) is 73.3 Å². The molecule has 6 nitrogen and oxygen atoms in total. The summed E-state index contributed by atoms with van der Waals surface area (Å²) in [6.45, 7) is 1.91. The Labute approximate surface area is 108 Å². The Bertz CT molecular complexity index is 779. The lowest BCUT2D eigenvalue weighted by Crippen LogP contribution is -1.96. The van der Waals surface area contributed by atoms with E-state index in [4.69, 9.17) is 0 Å². The summed E-state index contributed by atoms with van der Waals surface area (Å²) in [6, 6.07) is 10.1. The molecule has 6 heteroatoms. The molecule has 1 aromatic carbocycles. The monoisotopic (exact) mass is 254 g/mol. The summed E-state index contributed by atoms with van der Waals surface area (Å²) in [6.07, 6.45) is 1.74. The van der Waals surface area contributed by atoms with E-state index < -0.39 is 4.92 Å². The maximum absolute atomic E-state index is 10.8. The number of imidazole rings is 1. The smallest absolute Gasteiger partial charge is 0.258 e. The highest BCUT2D eigenvalue weighted by molar-refractivity contribution is 5.63. The Morgan fingerprint density at radius 2 is 2.11 bits per heavy atom. The standard InChI is InChI=1S/C13H10N4O2/c1-9-8-14-13-6-5-12(15-16(9)13)10-3-2-4-11(7-10)17(18)19/h2-8H,1H3. The van der Waals surface area contributed by atoms with Crippen molar-refractivity contribution in [3.05, 3.63) is 58.4 Å². The maximum Gasteiger partial charge on any atom is 0.270 e. The molecule has 0 saturated carbocycles. The van der Waals surface area contributed by atoms with Gasteiger partial charge in [0.15, 0.2) is 5.65 Å². The Morgan fingerprint density at radius 3 is 2.89 bits per heavy atom. The van der Waals surface area contributed by atoms with Crippen LogP contribution in [0.1, 0.15) is 5.69 Å². The molecule has 19 heavy (non-hydrogen) atoms. The van der Waals surface area contributed by atoms with Crippen molar-refractivity contribution in [3.8, 4) is 11.3 Å². The number of aromatic nitrogens is 3. The third-order valence-corrected chi connectivity index (χ3v) is 2.89. The van der Waals surface area contributed by atoms with Crippen LogP contribution < -0.4 is 0 Å². The Hall–Kier alpha value is -2.76. The van der Waals surface area contributed by atoms with Crippen molar-refractivity contribution in [2.45, 2.75) is 6.92 Å². The zero-order valence-electron chi connectivity index (χ0n) is 10.1. The average molecular weight is 254 g/mol. The quantitative estimate of drug-likeness (QED) is 0.520. The van der Waals surface area contributed by atoms with Crippen LogP contribution >= 0.6 is 0 Å². The lowest BCUT2D eigenvalue weighted by atomic mass is 10.1. The molecular weight excluding hydrogens is 244 g/mol. The maximum atomic E-state index is 10.8. The van der Waals surface area contributed by atoms with E-state index in [0.717, 1.165) is 11.3 Å². The Kier molecular flexibility index (Phi) is 2.49. The SMILES string of the molecule is Cc1cnc2ccc(-c3cccc([N+](=O)[O-])c3)nn12. The summed E-state index contributed by atoms with van der Waals surface area (Å²) in [4.78, 5) is 14.6. The van der Waals surface area contributed by atoms with E-state index in [2.05, 4.69) is 10.1 Å². The second kappa shape index (κ2) is 4.16. The van der Waals surface area contributed by atoms with Crippen molar-refractivity contribution in [1.29, 1.82) is 0 Å². The van der Waals surface area contributed by atoms with E-state index in [0.29, 0.717) is 11.3 Å². The van der Waals surface area contributed by atoms with E-state index in [9.17, 15) is 10.1 Å². The predicted molar refractivity (Wildman–Crippen MR) is 69.8 cm³/mol. The molecule has 0 aliphatic heterocycles. The predicted octanol–water partition coefficient (Wildman–Crippen LogP) is 2.61. The lowest BCUT2D eigenvalue weighted by Gasteiger charge is -2.02. The van der Waals surface area contributed by atoms with Gasteiger partial charge in [0.1, 0.15) is 0 Å². The highest BCUT2D eigenvalue weighted by Gasteiger charge is 2.09. The molecule has 0 amide bonds. The molecule has 2 heterocycles. The minimum absolute atomic E-state index is 0.0572. The van der Waals surface area contributed by atoms with Gasteiger partial charge in [-0.05, 0) is 19.1 Å². The molecule has 3 rings (SSSR count). The summed E-state index contributed by atoms with van der Waals surface area (Å²) >= 11 is 0. The minimum Gasteiger partial charge on any atom is -0.258 e. The van der Waals surface area contributed by atoms with Crippen molar-refractivity contribution in [2.24, 2.45) is 0 Å². The summed E-state index contributed by atoms with van der Waals surface area (Å²) in [5, 5.41) is 15.2. The van der Waals surface area contributed by atoms with Crippen molar-refractivity contribution >= 4 is 11.3 Å². The number of aryl methyl sites for hydroxylation is 1. The molecule has 0 aliphatic carbocycles. The highest BCUT2D eigenvalue weighted by Crippen LogP contribution is 2.22. The lowest BCUT2D eigenvalue weighted by molar-refractivity contribution is -0.384. The minimum atomic E-state index is -0.412. The van der Waals surface area contributed by atoms with Crippen LogP contribution in [0.15, 0.2) is 42.6 Å². The van der Waals surface area contributed by atoms with Gasteiger partial charge in [0.25, 0.3) is 5.69 Å². The first kappa shape index (κ1) is 11.3. The third-order valence-electron chi connectivity index (χ3n) is 2.89. The van der Waals surface area contributed by atoms with Crippen LogP contribution in [0.2, 0.25) is 0 Å². The number of rotatable bonds is 2. The molecular formula is C13H10N4O2. The van der Waals surface area contributed by atoms with Crippen LogP contribution in [0.5, 0.6) is 0 Å². The highest BCUT2D eigenvalue weighted by atomic mass is 16.6. The van der Waals surface area contributed by atoms with E-state index in [1.54, 1.807) is 28.9 Å². The molecule has 0 N–H and O–H groups in total. The molecule has 0 radical (unpaired) electrons. The molecule has 2 aromatic heterocycles. The van der Waals surface area contributed by atoms with Gasteiger partial charge in [-0.3, -0.25) is 10.1 Å². The van der Waals surface area contributed by atoms with E-state index in [1.165, 1.54) is 12.1 Å². The second-order valence-corrected chi connectivity index (χ2v) is 4.20. The van der Waals surface area contributed by atoms with E-state index in [-0.39, 0.29) is 5.69 Å². The molecule has 3 aromatic rings. The van der Waals surface area contributed by atoms with Gasteiger partial charge in [0, 0.05) is 17.7 Å². The number of nitrogens with zero attached hydrogens (tertiary/aromatic N) is 4. The number of nitro groups is 1. The van der Waals surface area contributed by atoms with Crippen LogP contribution in [0, 0.1) is 17.0 Å². The number of benzene rings is 1. The summed E-state index contributed by atoms with van der Waals surface area (Å²) in [5.41, 5.74) is 3.12. The number of hydrogen-bond acceptors (Lipinski definition) is 4. The van der Waals surface area contributed by atoms with Crippen molar-refractivity contribution in [3.63, 3.8) is 0 Å². The first-order chi connectivity index (χ1) is 9.15. The summed E-state index contributed by atoms with van der Waals surface area (Å²) in [5.74, 6) is 0. The van der Waals surface area contributed by atoms with Gasteiger partial charge in [0.2, 0.25) is 0 Å². The van der Waals surface area contributed by atoms with Crippen molar-refractivity contribution in [2.75, 3.05) is 0 Å². The number of nitro benzene ring substituents is 1. The van der Waals surface area contributed by atoms with Gasteiger partial charge in [-0.25, -0.2) is 9.50 Å². The van der Waals surface area contributed by atoms with E-state index in [1.807, 2.05) is 13.0 Å². The van der Waals surface area contributed by atoms with Crippen LogP contribution in [-0.2, 0) is 0 Å². The van der Waals surface area contributed by atoms with Gasteiger partial charge in [0.05, 0.1) is 22.5 Å². The molecule has 0 atom stereocenters. The van der Waals surface area contributed by atoms with Crippen molar-refractivity contribution < 1.29 is 4.92 Å². The fourth-order valence-corrected chi connectivity index (χ4v) is 1.92. The number of non-ortho nitro benzene ring substituents is 1. The first-order valence-electron chi connectivity index (χ1n) is 5.71. The van der Waals surface area contributed by atoms with Crippen LogP contribution in [0.4, 0.5) is 5.69 Å². The molecule has 0 unspecified atom stereocenters. The molecule has 0 aliphatic rings. The fraction of sp³-hybridized carbons (Fsp3) is 0.0769. The average Bonchev–Trinajstić information content (AvgIpc) is 2.80. The van der Waals surface area contributed by atoms with Gasteiger partial charge in [-0.2, -0.15) is 5.10 Å². The zero-order valence-corrected chi connectivity index (χ0v) is 10.1. The summed E-state index contributed by atoms with van der Waals surface area (Å²) < 4.78 is 1.72. The van der Waals surface area contributed by atoms with Gasteiger partial charge >= 0.3 is 0 Å². The number of hydrogen-bond donors (Lipinski definition) is 0. The normalized spacial score (nSPS) is 10.8. The first-order valence-corrected chi connectivity index (χ1v) is 5.71. The number of fused-ring (bicyclic) bond motifs is 1.